The lowest BCUT2D eigenvalue weighted by atomic mass is 9.66. The Balaban J connectivity index is 1.50. The summed E-state index contributed by atoms with van der Waals surface area (Å²) in [5.41, 5.74) is 2.68. The molecular formula is C35H31F2NO4. The van der Waals surface area contributed by atoms with Gasteiger partial charge in [-0.25, -0.2) is 13.6 Å². The van der Waals surface area contributed by atoms with Crippen LogP contribution in [0.25, 0.3) is 5.57 Å². The highest BCUT2D eigenvalue weighted by molar-refractivity contribution is 6.23. The maximum absolute atomic E-state index is 14.5. The van der Waals surface area contributed by atoms with Gasteiger partial charge >= 0.3 is 5.97 Å². The summed E-state index contributed by atoms with van der Waals surface area (Å²) in [5, 5.41) is 0. The fourth-order valence-electron chi connectivity index (χ4n) is 6.15. The molecule has 42 heavy (non-hydrogen) atoms. The number of rotatable bonds is 4. The number of nitrogens with zero attached hydrogens (tertiary/aromatic N) is 1. The van der Waals surface area contributed by atoms with Gasteiger partial charge in [-0.3, -0.25) is 9.59 Å². The van der Waals surface area contributed by atoms with Crippen molar-refractivity contribution >= 4 is 23.2 Å². The van der Waals surface area contributed by atoms with Crippen LogP contribution in [0.15, 0.2) is 66.4 Å². The molecule has 0 N–H and O–H groups in total. The average Bonchev–Trinajstić information content (AvgIpc) is 2.95. The molecule has 1 fully saturated rings. The molecule has 3 aromatic rings. The lowest BCUT2D eigenvalue weighted by molar-refractivity contribution is -0.117. The fraction of sp³-hybridized carbons (Fsp3) is 0.286. The Morgan fingerprint density at radius 2 is 1.45 bits per heavy atom. The van der Waals surface area contributed by atoms with E-state index in [1.807, 2.05) is 26.0 Å². The highest BCUT2D eigenvalue weighted by atomic mass is 19.1. The van der Waals surface area contributed by atoms with Crippen LogP contribution in [-0.4, -0.2) is 35.6 Å². The molecular weight excluding hydrogens is 536 g/mol. The molecule has 2 aliphatic rings. The SMILES string of the molecule is CC#Cc1cc(C)c(C2=C(OC(=O)c3ccccc3F)CC3(CCN(C(=O)c4ccccc4F)CC3)CC2=O)c(C)c1. The van der Waals surface area contributed by atoms with Crippen LogP contribution in [0.2, 0.25) is 0 Å². The van der Waals surface area contributed by atoms with Crippen molar-refractivity contribution in [1.82, 2.24) is 4.90 Å². The van der Waals surface area contributed by atoms with Gasteiger partial charge in [0.05, 0.1) is 16.7 Å². The summed E-state index contributed by atoms with van der Waals surface area (Å²) >= 11 is 0. The molecule has 0 aromatic heterocycles. The van der Waals surface area contributed by atoms with Gasteiger partial charge in [0.2, 0.25) is 0 Å². The summed E-state index contributed by atoms with van der Waals surface area (Å²) in [7, 11) is 0. The van der Waals surface area contributed by atoms with E-state index < -0.39 is 28.9 Å². The van der Waals surface area contributed by atoms with E-state index in [0.29, 0.717) is 37.1 Å². The van der Waals surface area contributed by atoms with Crippen LogP contribution < -0.4 is 0 Å². The Morgan fingerprint density at radius 1 is 0.881 bits per heavy atom. The number of aryl methyl sites for hydroxylation is 2. The Hall–Kier alpha value is -4.57. The van der Waals surface area contributed by atoms with Gasteiger partial charge in [0.25, 0.3) is 5.91 Å². The number of halogens is 2. The minimum absolute atomic E-state index is 0.0111. The monoisotopic (exact) mass is 567 g/mol. The first-order valence-electron chi connectivity index (χ1n) is 13.9. The molecule has 0 unspecified atom stereocenters. The Morgan fingerprint density at radius 3 is 2.02 bits per heavy atom. The average molecular weight is 568 g/mol. The largest absolute Gasteiger partial charge is 0.427 e. The second-order valence-corrected chi connectivity index (χ2v) is 11.1. The van der Waals surface area contributed by atoms with Crippen LogP contribution in [0, 0.1) is 42.7 Å². The molecule has 5 nitrogen and oxygen atoms in total. The zero-order valence-electron chi connectivity index (χ0n) is 23.9. The standard InChI is InChI=1S/C35H31F2NO4/c1-4-9-24-18-22(2)31(23(3)19-24)32-29(39)20-35(21-30(32)42-34(41)26-11-6-8-13-28(26)37)14-16-38(17-15-35)33(40)25-10-5-7-12-27(25)36/h5-8,10-13,18-19H,14-17,20-21H2,1-3H3. The van der Waals surface area contributed by atoms with Crippen molar-refractivity contribution in [2.45, 2.75) is 46.5 Å². The summed E-state index contributed by atoms with van der Waals surface area (Å²) in [4.78, 5) is 41.8. The minimum Gasteiger partial charge on any atom is -0.427 e. The topological polar surface area (TPSA) is 63.7 Å². The van der Waals surface area contributed by atoms with E-state index in [2.05, 4.69) is 11.8 Å². The van der Waals surface area contributed by atoms with Crippen LogP contribution in [0.4, 0.5) is 8.78 Å². The number of carbonyl (C=O) groups is 3. The number of ketones is 1. The molecule has 0 bridgehead atoms. The molecule has 1 aliphatic heterocycles. The van der Waals surface area contributed by atoms with Gasteiger partial charge in [-0.1, -0.05) is 30.2 Å². The number of likely N-dealkylation sites (tertiary alicyclic amines) is 1. The predicted molar refractivity (Wildman–Crippen MR) is 155 cm³/mol. The Kier molecular flexibility index (Phi) is 8.08. The molecule has 1 saturated heterocycles. The van der Waals surface area contributed by atoms with E-state index in [0.717, 1.165) is 16.7 Å². The van der Waals surface area contributed by atoms with Crippen LogP contribution in [-0.2, 0) is 9.53 Å². The zero-order chi connectivity index (χ0) is 30.0. The summed E-state index contributed by atoms with van der Waals surface area (Å²) in [6.45, 7) is 6.17. The van der Waals surface area contributed by atoms with E-state index >= 15 is 0 Å². The van der Waals surface area contributed by atoms with Crippen molar-refractivity contribution in [3.05, 3.63) is 111 Å². The maximum atomic E-state index is 14.5. The van der Waals surface area contributed by atoms with Crippen LogP contribution in [0.3, 0.4) is 0 Å². The number of allylic oxidation sites excluding steroid dienone is 2. The van der Waals surface area contributed by atoms with E-state index in [1.165, 1.54) is 36.4 Å². The van der Waals surface area contributed by atoms with Crippen LogP contribution in [0.5, 0.6) is 0 Å². The molecule has 1 spiro atoms. The van der Waals surface area contributed by atoms with Crippen molar-refractivity contribution in [3.63, 3.8) is 0 Å². The number of carbonyl (C=O) groups excluding carboxylic acids is 3. The summed E-state index contributed by atoms with van der Waals surface area (Å²) in [5.74, 6) is 3.40. The highest BCUT2D eigenvalue weighted by Crippen LogP contribution is 2.49. The normalized spacial score (nSPS) is 16.2. The lowest BCUT2D eigenvalue weighted by Crippen LogP contribution is -2.45. The molecule has 5 rings (SSSR count). The lowest BCUT2D eigenvalue weighted by Gasteiger charge is -2.44. The van der Waals surface area contributed by atoms with Crippen molar-refractivity contribution < 1.29 is 27.9 Å². The molecule has 1 aliphatic carbocycles. The van der Waals surface area contributed by atoms with Gasteiger partial charge in [-0.05, 0) is 92.1 Å². The number of piperidine rings is 1. The second kappa shape index (κ2) is 11.7. The third-order valence-electron chi connectivity index (χ3n) is 8.21. The predicted octanol–water partition coefficient (Wildman–Crippen LogP) is 6.81. The third kappa shape index (κ3) is 5.62. The fourth-order valence-corrected chi connectivity index (χ4v) is 6.15. The molecule has 0 atom stereocenters. The third-order valence-corrected chi connectivity index (χ3v) is 8.21. The number of amides is 1. The van der Waals surface area contributed by atoms with E-state index in [4.69, 9.17) is 4.74 Å². The van der Waals surface area contributed by atoms with Gasteiger partial charge in [0, 0.05) is 31.5 Å². The van der Waals surface area contributed by atoms with E-state index in [9.17, 15) is 23.2 Å². The van der Waals surface area contributed by atoms with Crippen LogP contribution >= 0.6 is 0 Å². The van der Waals surface area contributed by atoms with Gasteiger partial charge in [0.1, 0.15) is 17.4 Å². The van der Waals surface area contributed by atoms with Gasteiger partial charge in [-0.15, -0.1) is 5.92 Å². The quantitative estimate of drug-likeness (QED) is 0.257. The minimum atomic E-state index is -0.874. The summed E-state index contributed by atoms with van der Waals surface area (Å²) in [6.07, 6.45) is 1.41. The number of esters is 1. The first kappa shape index (κ1) is 28.9. The van der Waals surface area contributed by atoms with Crippen molar-refractivity contribution in [1.29, 1.82) is 0 Å². The highest BCUT2D eigenvalue weighted by Gasteiger charge is 2.45. The van der Waals surface area contributed by atoms with Gasteiger partial charge in [-0.2, -0.15) is 0 Å². The first-order chi connectivity index (χ1) is 20.1. The maximum Gasteiger partial charge on any atom is 0.346 e. The number of ether oxygens (including phenoxy) is 1. The number of benzene rings is 3. The molecule has 214 valence electrons. The van der Waals surface area contributed by atoms with Crippen molar-refractivity contribution in [2.75, 3.05) is 13.1 Å². The zero-order valence-corrected chi connectivity index (χ0v) is 23.9. The van der Waals surface area contributed by atoms with Crippen molar-refractivity contribution in [2.24, 2.45) is 5.41 Å². The second-order valence-electron chi connectivity index (χ2n) is 11.1. The van der Waals surface area contributed by atoms with Crippen LogP contribution in [0.1, 0.15) is 75.6 Å². The number of Topliss-reactive ketones (excluding diaryl/α,β-unsaturated/α-hetero) is 1. The molecule has 1 heterocycles. The molecule has 1 amide bonds. The smallest absolute Gasteiger partial charge is 0.346 e. The number of hydrogen-bond acceptors (Lipinski definition) is 4. The molecule has 0 saturated carbocycles. The first-order valence-corrected chi connectivity index (χ1v) is 13.9. The molecule has 3 aromatic carbocycles. The molecule has 0 radical (unpaired) electrons. The number of hydrogen-bond donors (Lipinski definition) is 0. The Labute approximate surface area is 244 Å². The van der Waals surface area contributed by atoms with Crippen molar-refractivity contribution in [3.8, 4) is 11.8 Å². The van der Waals surface area contributed by atoms with E-state index in [-0.39, 0.29) is 35.5 Å². The van der Waals surface area contributed by atoms with Gasteiger partial charge < -0.3 is 9.64 Å². The summed E-state index contributed by atoms with van der Waals surface area (Å²) in [6, 6.07) is 15.2. The van der Waals surface area contributed by atoms with E-state index in [1.54, 1.807) is 24.0 Å². The summed E-state index contributed by atoms with van der Waals surface area (Å²) < 4.78 is 34.7. The Bertz CT molecular complexity index is 1660. The van der Waals surface area contributed by atoms with Gasteiger partial charge in [0.15, 0.2) is 5.78 Å². The molecule has 7 heteroatoms.